The van der Waals surface area contributed by atoms with E-state index in [1.165, 1.54) is 6.92 Å². The van der Waals surface area contributed by atoms with Crippen molar-refractivity contribution in [1.29, 1.82) is 0 Å². The highest BCUT2D eigenvalue weighted by molar-refractivity contribution is 5.90. The summed E-state index contributed by atoms with van der Waals surface area (Å²) in [5.74, 6) is -2.33. The van der Waals surface area contributed by atoms with Gasteiger partial charge in [-0.25, -0.2) is 9.37 Å². The maximum absolute atomic E-state index is 14.1. The Morgan fingerprint density at radius 3 is 2.52 bits per heavy atom. The number of aromatic nitrogens is 1. The number of rotatable bonds is 2. The molecule has 0 aromatic carbocycles. The lowest BCUT2D eigenvalue weighted by Crippen LogP contribution is -2.56. The van der Waals surface area contributed by atoms with Gasteiger partial charge >= 0.3 is 6.18 Å². The first-order chi connectivity index (χ1) is 10.5. The van der Waals surface area contributed by atoms with E-state index < -0.39 is 47.0 Å². The summed E-state index contributed by atoms with van der Waals surface area (Å²) >= 11 is 0. The summed E-state index contributed by atoms with van der Waals surface area (Å²) in [6.45, 7) is 2.28. The molecule has 1 aromatic heterocycles. The number of halogens is 4. The quantitative estimate of drug-likeness (QED) is 0.794. The van der Waals surface area contributed by atoms with E-state index >= 15 is 0 Å². The molecule has 126 valence electrons. The number of pyridine rings is 1. The highest BCUT2D eigenvalue weighted by atomic mass is 19.4. The third kappa shape index (κ3) is 2.98. The lowest BCUT2D eigenvalue weighted by Gasteiger charge is -2.40. The predicted molar refractivity (Wildman–Crippen MR) is 72.1 cm³/mol. The van der Waals surface area contributed by atoms with Gasteiger partial charge in [0.05, 0.1) is 0 Å². The van der Waals surface area contributed by atoms with Gasteiger partial charge in [0.1, 0.15) is 34.7 Å². The van der Waals surface area contributed by atoms with E-state index in [0.29, 0.717) is 0 Å². The molecule has 1 aliphatic heterocycles. The summed E-state index contributed by atoms with van der Waals surface area (Å²) in [5, 5.41) is 0. The van der Waals surface area contributed by atoms with Crippen LogP contribution in [0.3, 0.4) is 0 Å². The Labute approximate surface area is 128 Å². The van der Waals surface area contributed by atoms with Crippen LogP contribution in [-0.2, 0) is 10.3 Å². The molecule has 0 spiro atoms. The molecule has 23 heavy (non-hydrogen) atoms. The van der Waals surface area contributed by atoms with Gasteiger partial charge < -0.3 is 16.2 Å². The molecule has 1 aromatic rings. The summed E-state index contributed by atoms with van der Waals surface area (Å²) in [6.07, 6.45) is -8.44. The largest absolute Gasteiger partial charge is 0.417 e. The Kier molecular flexibility index (Phi) is 4.05. The summed E-state index contributed by atoms with van der Waals surface area (Å²) in [6, 6.07) is 1.76. The normalized spacial score (nSPS) is 28.3. The average molecular weight is 334 g/mol. The smallest absolute Gasteiger partial charge is 0.385 e. The fraction of sp³-hybridized carbons (Fsp3) is 0.462. The summed E-state index contributed by atoms with van der Waals surface area (Å²) in [4.78, 5) is 18.5. The topological polar surface area (TPSA) is 104 Å². The molecule has 0 saturated carbocycles. The van der Waals surface area contributed by atoms with Crippen LogP contribution in [0.25, 0.3) is 0 Å². The van der Waals surface area contributed by atoms with Crippen LogP contribution in [-0.4, -0.2) is 35.1 Å². The van der Waals surface area contributed by atoms with Crippen LogP contribution >= 0.6 is 0 Å². The van der Waals surface area contributed by atoms with Gasteiger partial charge in [-0.3, -0.25) is 9.79 Å². The van der Waals surface area contributed by atoms with Crippen LogP contribution < -0.4 is 11.5 Å². The van der Waals surface area contributed by atoms with Gasteiger partial charge in [-0.15, -0.1) is 0 Å². The number of aliphatic imine (C=N–C) groups is 1. The van der Waals surface area contributed by atoms with Crippen molar-refractivity contribution in [2.24, 2.45) is 16.5 Å². The zero-order valence-corrected chi connectivity index (χ0v) is 12.2. The third-order valence-electron chi connectivity index (χ3n) is 3.50. The van der Waals surface area contributed by atoms with E-state index in [4.69, 9.17) is 16.2 Å². The molecular weight excluding hydrogens is 320 g/mol. The first-order valence-electron chi connectivity index (χ1n) is 6.51. The number of hydrogen-bond acceptors (Lipinski definition) is 5. The maximum atomic E-state index is 14.1. The van der Waals surface area contributed by atoms with E-state index in [-0.39, 0.29) is 5.84 Å². The Hall–Kier alpha value is -2.23. The lowest BCUT2D eigenvalue weighted by atomic mass is 9.88. The number of carbonyl (C=O) groups is 1. The number of amidine groups is 1. The molecule has 10 heteroatoms. The maximum Gasteiger partial charge on any atom is 0.417 e. The van der Waals surface area contributed by atoms with E-state index in [1.807, 2.05) is 0 Å². The van der Waals surface area contributed by atoms with Gasteiger partial charge in [0.2, 0.25) is 0 Å². The molecule has 0 fully saturated rings. The minimum absolute atomic E-state index is 0.237. The van der Waals surface area contributed by atoms with E-state index in [9.17, 15) is 22.4 Å². The molecule has 0 saturated heterocycles. The SMILES string of the molecule is CC1OC(C(F)(F)F)C(C)(c2nc(C(N)=O)ccc2F)N=C1N. The first kappa shape index (κ1) is 17.1. The number of alkyl halides is 3. The summed E-state index contributed by atoms with van der Waals surface area (Å²) in [7, 11) is 0. The van der Waals surface area contributed by atoms with Crippen molar-refractivity contribution in [3.8, 4) is 0 Å². The Morgan fingerprint density at radius 2 is 2.00 bits per heavy atom. The highest BCUT2D eigenvalue weighted by Gasteiger charge is 2.58. The van der Waals surface area contributed by atoms with Crippen LogP contribution in [0, 0.1) is 5.82 Å². The number of ether oxygens (including phenoxy) is 1. The second-order valence-corrected chi connectivity index (χ2v) is 5.28. The summed E-state index contributed by atoms with van der Waals surface area (Å²) in [5.41, 5.74) is 7.20. The molecule has 0 radical (unpaired) electrons. The number of nitrogens with two attached hydrogens (primary N) is 2. The second-order valence-electron chi connectivity index (χ2n) is 5.28. The van der Waals surface area contributed by atoms with Gasteiger partial charge in [0.25, 0.3) is 5.91 Å². The van der Waals surface area contributed by atoms with Gasteiger partial charge in [-0.05, 0) is 26.0 Å². The van der Waals surface area contributed by atoms with Crippen LogP contribution in [0.1, 0.15) is 30.0 Å². The number of nitrogens with zero attached hydrogens (tertiary/aromatic N) is 2. The monoisotopic (exact) mass is 334 g/mol. The van der Waals surface area contributed by atoms with Crippen LogP contribution in [0.2, 0.25) is 0 Å². The molecule has 0 bridgehead atoms. The van der Waals surface area contributed by atoms with E-state index in [2.05, 4.69) is 9.98 Å². The van der Waals surface area contributed by atoms with Crippen molar-refractivity contribution in [3.63, 3.8) is 0 Å². The number of primary amides is 1. The van der Waals surface area contributed by atoms with Crippen molar-refractivity contribution in [2.45, 2.75) is 37.8 Å². The fourth-order valence-corrected chi connectivity index (χ4v) is 2.33. The van der Waals surface area contributed by atoms with Crippen molar-refractivity contribution in [2.75, 3.05) is 0 Å². The van der Waals surface area contributed by atoms with Gasteiger partial charge in [0.15, 0.2) is 6.10 Å². The molecule has 3 atom stereocenters. The average Bonchev–Trinajstić information content (AvgIpc) is 2.41. The zero-order valence-electron chi connectivity index (χ0n) is 12.2. The van der Waals surface area contributed by atoms with Crippen LogP contribution in [0.15, 0.2) is 17.1 Å². The summed E-state index contributed by atoms with van der Waals surface area (Å²) < 4.78 is 59.0. The Balaban J connectivity index is 2.69. The number of amides is 1. The molecule has 2 rings (SSSR count). The molecule has 1 aliphatic rings. The molecule has 3 unspecified atom stereocenters. The minimum Gasteiger partial charge on any atom is -0.385 e. The van der Waals surface area contributed by atoms with Crippen molar-refractivity contribution in [3.05, 3.63) is 29.3 Å². The lowest BCUT2D eigenvalue weighted by molar-refractivity contribution is -0.249. The van der Waals surface area contributed by atoms with Crippen LogP contribution in [0.4, 0.5) is 17.6 Å². The predicted octanol–water partition coefficient (Wildman–Crippen LogP) is 1.24. The fourth-order valence-electron chi connectivity index (χ4n) is 2.33. The van der Waals surface area contributed by atoms with Gasteiger partial charge in [-0.2, -0.15) is 13.2 Å². The standard InChI is InChI=1S/C13H14F4N4O2/c1-5-9(18)21-12(2,11(23-5)13(15,16)17)8-6(14)3-4-7(20-8)10(19)22/h3-5,11H,1-2H3,(H2,18,21)(H2,19,22). The van der Waals surface area contributed by atoms with Gasteiger partial charge in [-0.1, -0.05) is 0 Å². The Bertz CT molecular complexity index is 676. The van der Waals surface area contributed by atoms with Crippen molar-refractivity contribution >= 4 is 11.7 Å². The zero-order chi connectivity index (χ0) is 17.6. The molecule has 6 nitrogen and oxygen atoms in total. The number of hydrogen-bond donors (Lipinski definition) is 2. The van der Waals surface area contributed by atoms with Crippen LogP contribution in [0.5, 0.6) is 0 Å². The Morgan fingerprint density at radius 1 is 1.39 bits per heavy atom. The van der Waals surface area contributed by atoms with E-state index in [0.717, 1.165) is 19.1 Å². The molecular formula is C13H14F4N4O2. The molecule has 1 amide bonds. The molecule has 2 heterocycles. The van der Waals surface area contributed by atoms with Crippen molar-refractivity contribution < 1.29 is 27.1 Å². The van der Waals surface area contributed by atoms with Gasteiger partial charge in [0, 0.05) is 0 Å². The third-order valence-corrected chi connectivity index (χ3v) is 3.50. The molecule has 0 aliphatic carbocycles. The van der Waals surface area contributed by atoms with Crippen molar-refractivity contribution in [1.82, 2.24) is 4.98 Å². The highest BCUT2D eigenvalue weighted by Crippen LogP contribution is 2.43. The first-order valence-corrected chi connectivity index (χ1v) is 6.51. The van der Waals surface area contributed by atoms with E-state index in [1.54, 1.807) is 0 Å². The number of carbonyl (C=O) groups excluding carboxylic acids is 1. The second kappa shape index (κ2) is 5.44. The molecule has 4 N–H and O–H groups in total. The minimum atomic E-state index is -4.86.